The highest BCUT2D eigenvalue weighted by molar-refractivity contribution is 6.08. The van der Waals surface area contributed by atoms with E-state index in [0.717, 1.165) is 60.7 Å². The third-order valence-electron chi connectivity index (χ3n) is 7.38. The molecule has 0 bridgehead atoms. The molecule has 2 saturated heterocycles. The molecule has 1 unspecified atom stereocenters. The van der Waals surface area contributed by atoms with Gasteiger partial charge in [0.2, 0.25) is 0 Å². The van der Waals surface area contributed by atoms with Crippen LogP contribution in [0.1, 0.15) is 43.2 Å². The van der Waals surface area contributed by atoms with Crippen molar-refractivity contribution in [1.82, 2.24) is 19.6 Å². The maximum absolute atomic E-state index is 14.4. The topological polar surface area (TPSA) is 94.3 Å². The first-order valence-electron chi connectivity index (χ1n) is 12.9. The van der Waals surface area contributed by atoms with Gasteiger partial charge in [-0.2, -0.15) is 14.9 Å². The number of hydrogen-bond acceptors (Lipinski definition) is 6. The van der Waals surface area contributed by atoms with Crippen molar-refractivity contribution in [2.75, 3.05) is 36.5 Å². The van der Waals surface area contributed by atoms with Crippen molar-refractivity contribution >= 4 is 28.2 Å². The lowest BCUT2D eigenvalue weighted by Crippen LogP contribution is -2.27. The molecule has 9 nitrogen and oxygen atoms in total. The Hall–Kier alpha value is -4.12. The maximum atomic E-state index is 14.4. The van der Waals surface area contributed by atoms with Crippen LogP contribution in [0.3, 0.4) is 0 Å². The summed E-state index contributed by atoms with van der Waals surface area (Å²) in [6.45, 7) is 7.32. The maximum Gasteiger partial charge on any atom is 0.276 e. The van der Waals surface area contributed by atoms with Crippen LogP contribution in [0.25, 0.3) is 16.6 Å². The number of aromatic nitrogens is 4. The number of carbonyl (C=O) groups is 1. The number of nitrogens with one attached hydrogen (secondary N) is 1. The Morgan fingerprint density at radius 2 is 1.87 bits per heavy atom. The Labute approximate surface area is 223 Å². The molecule has 4 aromatic rings. The predicted octanol–water partition coefficient (Wildman–Crippen LogP) is 4.31. The molecule has 1 amide bonds. The van der Waals surface area contributed by atoms with Crippen molar-refractivity contribution in [2.24, 2.45) is 5.41 Å². The fraction of sp³-hybridized carbons (Fsp3) is 0.357. The van der Waals surface area contributed by atoms with Crippen LogP contribution >= 0.6 is 0 Å². The molecule has 202 valence electrons. The molecule has 1 atom stereocenters. The molecular formula is C28H28F2N6O3. The van der Waals surface area contributed by atoms with E-state index in [1.54, 1.807) is 6.07 Å². The standard InChI is InChI=1S/C28H28F2N6O3/c1-28(2)11-12-34(16-28)25-18-14-35(17-10-13-39-15-17)32-21(18)6-7-22(25)31-27(38)23-8-9-24(37)36(33-23)26-19(29)4-3-5-20(26)30/h3-9,14,17H,10-13,15-16H2,1-2H3,(H,31,38). The smallest absolute Gasteiger partial charge is 0.276 e. The second-order valence-electron chi connectivity index (χ2n) is 10.8. The Balaban J connectivity index is 1.39. The third-order valence-corrected chi connectivity index (χ3v) is 7.38. The van der Waals surface area contributed by atoms with E-state index < -0.39 is 28.8 Å². The van der Waals surface area contributed by atoms with E-state index in [-0.39, 0.29) is 17.2 Å². The minimum absolute atomic E-state index is 0.0968. The van der Waals surface area contributed by atoms with Gasteiger partial charge in [-0.1, -0.05) is 19.9 Å². The quantitative estimate of drug-likeness (QED) is 0.410. The van der Waals surface area contributed by atoms with Gasteiger partial charge in [0.1, 0.15) is 11.4 Å². The highest BCUT2D eigenvalue weighted by Gasteiger charge is 2.32. The first-order valence-corrected chi connectivity index (χ1v) is 12.9. The van der Waals surface area contributed by atoms with Crippen molar-refractivity contribution in [3.63, 3.8) is 0 Å². The number of nitrogens with zero attached hydrogens (tertiary/aromatic N) is 5. The zero-order valence-corrected chi connectivity index (χ0v) is 21.7. The van der Waals surface area contributed by atoms with Gasteiger partial charge in [-0.15, -0.1) is 0 Å². The molecule has 0 saturated carbocycles. The summed E-state index contributed by atoms with van der Waals surface area (Å²) in [5, 5.41) is 12.6. The molecule has 0 spiro atoms. The molecule has 4 heterocycles. The number of anilines is 2. The van der Waals surface area contributed by atoms with Gasteiger partial charge in [-0.3, -0.25) is 14.3 Å². The van der Waals surface area contributed by atoms with E-state index in [9.17, 15) is 18.4 Å². The van der Waals surface area contributed by atoms with Crippen LogP contribution in [0.5, 0.6) is 0 Å². The van der Waals surface area contributed by atoms with E-state index >= 15 is 0 Å². The SMILES string of the molecule is CC1(C)CCN(c2c(NC(=O)c3ccc(=O)n(-c4c(F)cccc4F)n3)ccc3nn(C4CCOC4)cc23)C1. The molecule has 6 rings (SSSR count). The number of amides is 1. The van der Waals surface area contributed by atoms with Gasteiger partial charge < -0.3 is 15.0 Å². The normalized spacial score (nSPS) is 18.7. The van der Waals surface area contributed by atoms with E-state index in [4.69, 9.17) is 9.84 Å². The molecule has 1 N–H and O–H groups in total. The number of rotatable bonds is 5. The van der Waals surface area contributed by atoms with E-state index in [0.29, 0.717) is 23.6 Å². The van der Waals surface area contributed by atoms with Crippen molar-refractivity contribution in [3.8, 4) is 5.69 Å². The molecular weight excluding hydrogens is 506 g/mol. The van der Waals surface area contributed by atoms with Crippen molar-refractivity contribution in [3.05, 3.63) is 76.3 Å². The van der Waals surface area contributed by atoms with E-state index in [1.165, 1.54) is 12.1 Å². The lowest BCUT2D eigenvalue weighted by Gasteiger charge is -2.25. The number of para-hydroxylation sites is 1. The van der Waals surface area contributed by atoms with Gasteiger partial charge >= 0.3 is 0 Å². The van der Waals surface area contributed by atoms with Gasteiger partial charge in [0.15, 0.2) is 11.6 Å². The molecule has 2 fully saturated rings. The molecule has 0 aliphatic carbocycles. The summed E-state index contributed by atoms with van der Waals surface area (Å²) in [5.41, 5.74) is 0.751. The van der Waals surface area contributed by atoms with Gasteiger partial charge in [0, 0.05) is 37.3 Å². The molecule has 39 heavy (non-hydrogen) atoms. The second-order valence-corrected chi connectivity index (χ2v) is 10.8. The Morgan fingerprint density at radius 3 is 2.56 bits per heavy atom. The zero-order chi connectivity index (χ0) is 27.3. The number of benzene rings is 2. The summed E-state index contributed by atoms with van der Waals surface area (Å²) in [6.07, 6.45) is 3.88. The van der Waals surface area contributed by atoms with Crippen LogP contribution in [0.15, 0.2) is 53.5 Å². The lowest BCUT2D eigenvalue weighted by atomic mass is 9.93. The number of fused-ring (bicyclic) bond motifs is 1. The Bertz CT molecular complexity index is 1620. The summed E-state index contributed by atoms with van der Waals surface area (Å²) in [4.78, 5) is 28.1. The van der Waals surface area contributed by atoms with Gasteiger partial charge in [-0.25, -0.2) is 8.78 Å². The van der Waals surface area contributed by atoms with Crippen molar-refractivity contribution < 1.29 is 18.3 Å². The van der Waals surface area contributed by atoms with Crippen LogP contribution in [-0.4, -0.2) is 51.8 Å². The van der Waals surface area contributed by atoms with Crippen LogP contribution in [0, 0.1) is 17.0 Å². The van der Waals surface area contributed by atoms with Gasteiger partial charge in [-0.05, 0) is 48.6 Å². The molecule has 0 radical (unpaired) electrons. The monoisotopic (exact) mass is 534 g/mol. The first kappa shape index (κ1) is 25.2. The summed E-state index contributed by atoms with van der Waals surface area (Å²) in [6, 6.07) is 9.35. The summed E-state index contributed by atoms with van der Waals surface area (Å²) in [5.74, 6) is -2.54. The predicted molar refractivity (Wildman–Crippen MR) is 143 cm³/mol. The zero-order valence-electron chi connectivity index (χ0n) is 21.7. The molecule has 2 aliphatic rings. The Kier molecular flexibility index (Phi) is 6.17. The number of carbonyl (C=O) groups excluding carboxylic acids is 1. The minimum atomic E-state index is -0.962. The summed E-state index contributed by atoms with van der Waals surface area (Å²) < 4.78 is 36.8. The largest absolute Gasteiger partial charge is 0.379 e. The molecule has 2 aliphatic heterocycles. The third kappa shape index (κ3) is 4.67. The van der Waals surface area contributed by atoms with Crippen molar-refractivity contribution in [2.45, 2.75) is 32.7 Å². The van der Waals surface area contributed by atoms with E-state index in [2.05, 4.69) is 29.2 Å². The van der Waals surface area contributed by atoms with E-state index in [1.807, 2.05) is 16.9 Å². The Morgan fingerprint density at radius 1 is 1.08 bits per heavy atom. The number of halogens is 2. The summed E-state index contributed by atoms with van der Waals surface area (Å²) >= 11 is 0. The average Bonchev–Trinajstić information content (AvgIpc) is 3.64. The molecule has 11 heteroatoms. The number of ether oxygens (including phenoxy) is 1. The van der Waals surface area contributed by atoms with Crippen LogP contribution in [0.2, 0.25) is 0 Å². The highest BCUT2D eigenvalue weighted by Crippen LogP contribution is 2.41. The van der Waals surface area contributed by atoms with Crippen LogP contribution < -0.4 is 15.8 Å². The highest BCUT2D eigenvalue weighted by atomic mass is 19.1. The minimum Gasteiger partial charge on any atom is -0.379 e. The average molecular weight is 535 g/mol. The van der Waals surface area contributed by atoms with Crippen LogP contribution in [0.4, 0.5) is 20.2 Å². The molecule has 2 aromatic carbocycles. The lowest BCUT2D eigenvalue weighted by molar-refractivity contribution is 0.102. The fourth-order valence-corrected chi connectivity index (χ4v) is 5.33. The van der Waals surface area contributed by atoms with Gasteiger partial charge in [0.25, 0.3) is 11.5 Å². The van der Waals surface area contributed by atoms with Crippen molar-refractivity contribution in [1.29, 1.82) is 0 Å². The summed E-state index contributed by atoms with van der Waals surface area (Å²) in [7, 11) is 0. The molecule has 2 aromatic heterocycles. The first-order chi connectivity index (χ1) is 18.7. The van der Waals surface area contributed by atoms with Crippen LogP contribution in [-0.2, 0) is 4.74 Å². The number of hydrogen-bond donors (Lipinski definition) is 1. The second kappa shape index (κ2) is 9.57. The fourth-order valence-electron chi connectivity index (χ4n) is 5.33. The van der Waals surface area contributed by atoms with Gasteiger partial charge in [0.05, 0.1) is 29.5 Å².